The Morgan fingerprint density at radius 1 is 1.12 bits per heavy atom. The second-order valence-corrected chi connectivity index (χ2v) is 7.40. The summed E-state index contributed by atoms with van der Waals surface area (Å²) in [6.45, 7) is 3.94. The minimum absolute atomic E-state index is 0.364. The predicted molar refractivity (Wildman–Crippen MR) is 69.9 cm³/mol. The lowest BCUT2D eigenvalue weighted by atomic mass is 10.4. The monoisotopic (exact) mass is 280 g/mol. The first-order chi connectivity index (χ1) is 8.12. The van der Waals surface area contributed by atoms with Crippen LogP contribution in [0.4, 0.5) is 0 Å². The highest BCUT2D eigenvalue weighted by Gasteiger charge is 2.32. The number of alkyl halides is 1. The molecule has 0 atom stereocenters. The van der Waals surface area contributed by atoms with Crippen molar-refractivity contribution in [3.63, 3.8) is 0 Å². The van der Waals surface area contributed by atoms with E-state index in [1.807, 2.05) is 0 Å². The van der Waals surface area contributed by atoms with E-state index in [9.17, 15) is 8.42 Å². The van der Waals surface area contributed by atoms with Gasteiger partial charge < -0.3 is 4.90 Å². The van der Waals surface area contributed by atoms with Crippen LogP contribution in [-0.2, 0) is 10.0 Å². The lowest BCUT2D eigenvalue weighted by molar-refractivity contribution is 0.303. The first kappa shape index (κ1) is 13.6. The van der Waals surface area contributed by atoms with Crippen molar-refractivity contribution in [1.29, 1.82) is 0 Å². The zero-order valence-corrected chi connectivity index (χ0v) is 11.7. The Morgan fingerprint density at radius 3 is 2.53 bits per heavy atom. The number of sulfonamides is 1. The maximum atomic E-state index is 12.1. The van der Waals surface area contributed by atoms with Crippen LogP contribution in [0.5, 0.6) is 0 Å². The molecule has 0 aromatic rings. The fourth-order valence-electron chi connectivity index (χ4n) is 2.26. The maximum Gasteiger partial charge on any atom is 0.214 e. The molecule has 0 aromatic carbocycles. The third kappa shape index (κ3) is 4.09. The average molecular weight is 281 g/mol. The molecule has 0 spiro atoms. The van der Waals surface area contributed by atoms with Crippen molar-refractivity contribution >= 4 is 21.6 Å². The van der Waals surface area contributed by atoms with Gasteiger partial charge in [0.1, 0.15) is 0 Å². The smallest absolute Gasteiger partial charge is 0.214 e. The molecule has 1 saturated heterocycles. The molecule has 4 nitrogen and oxygen atoms in total. The van der Waals surface area contributed by atoms with Crippen LogP contribution in [0.2, 0.25) is 0 Å². The van der Waals surface area contributed by atoms with Gasteiger partial charge in [0, 0.05) is 32.1 Å². The van der Waals surface area contributed by atoms with Crippen LogP contribution in [0.1, 0.15) is 19.3 Å². The maximum absolute atomic E-state index is 12.1. The summed E-state index contributed by atoms with van der Waals surface area (Å²) in [4.78, 5) is 2.25. The van der Waals surface area contributed by atoms with Crippen molar-refractivity contribution in [2.75, 3.05) is 44.4 Å². The molecule has 0 radical (unpaired) electrons. The van der Waals surface area contributed by atoms with Gasteiger partial charge in [0.2, 0.25) is 10.0 Å². The zero-order valence-electron chi connectivity index (χ0n) is 10.1. The van der Waals surface area contributed by atoms with E-state index < -0.39 is 10.0 Å². The van der Waals surface area contributed by atoms with Gasteiger partial charge in [-0.2, -0.15) is 0 Å². The van der Waals surface area contributed by atoms with Gasteiger partial charge in [-0.25, -0.2) is 12.7 Å². The molecule has 2 rings (SSSR count). The standard InChI is InChI=1S/C11H21ClN2O2S/c12-4-7-13-5-1-6-14(9-8-13)17(15,16)10-11-2-3-11/h11H,1-10H2. The highest BCUT2D eigenvalue weighted by Crippen LogP contribution is 2.31. The fraction of sp³-hybridized carbons (Fsp3) is 1.00. The largest absolute Gasteiger partial charge is 0.301 e. The van der Waals surface area contributed by atoms with Crippen LogP contribution in [0.15, 0.2) is 0 Å². The Morgan fingerprint density at radius 2 is 1.88 bits per heavy atom. The van der Waals surface area contributed by atoms with E-state index in [0.717, 1.165) is 38.9 Å². The van der Waals surface area contributed by atoms with Crippen molar-refractivity contribution < 1.29 is 8.42 Å². The molecule has 0 amide bonds. The van der Waals surface area contributed by atoms with E-state index in [1.165, 1.54) is 0 Å². The Labute approximate surface area is 109 Å². The molecule has 0 unspecified atom stereocenters. The predicted octanol–water partition coefficient (Wildman–Crippen LogP) is 0.973. The Hall–Kier alpha value is 0.160. The van der Waals surface area contributed by atoms with Gasteiger partial charge in [-0.05, 0) is 31.7 Å². The third-order valence-corrected chi connectivity index (χ3v) is 5.70. The number of halogens is 1. The molecular weight excluding hydrogens is 260 g/mol. The van der Waals surface area contributed by atoms with E-state index in [4.69, 9.17) is 11.6 Å². The second kappa shape index (κ2) is 5.87. The van der Waals surface area contributed by atoms with Crippen LogP contribution in [0.3, 0.4) is 0 Å². The normalized spacial score (nSPS) is 24.8. The Bertz CT molecular complexity index is 343. The molecule has 6 heteroatoms. The fourth-order valence-corrected chi connectivity index (χ4v) is 4.40. The van der Waals surface area contributed by atoms with Crippen LogP contribution in [0.25, 0.3) is 0 Å². The van der Waals surface area contributed by atoms with Gasteiger partial charge in [0.15, 0.2) is 0 Å². The van der Waals surface area contributed by atoms with Crippen molar-refractivity contribution in [2.45, 2.75) is 19.3 Å². The Kier molecular flexibility index (Phi) is 4.69. The molecule has 1 aliphatic heterocycles. The van der Waals surface area contributed by atoms with E-state index in [-0.39, 0.29) is 0 Å². The van der Waals surface area contributed by atoms with Crippen molar-refractivity contribution in [3.05, 3.63) is 0 Å². The molecule has 2 fully saturated rings. The van der Waals surface area contributed by atoms with E-state index >= 15 is 0 Å². The van der Waals surface area contributed by atoms with Crippen molar-refractivity contribution in [2.24, 2.45) is 5.92 Å². The zero-order chi connectivity index (χ0) is 12.3. The summed E-state index contributed by atoms with van der Waals surface area (Å²) in [5, 5.41) is 0. The van der Waals surface area contributed by atoms with Gasteiger partial charge in [-0.3, -0.25) is 0 Å². The summed E-state index contributed by atoms with van der Waals surface area (Å²) in [5.41, 5.74) is 0. The summed E-state index contributed by atoms with van der Waals surface area (Å²) in [5.74, 6) is 1.42. The van der Waals surface area contributed by atoms with Crippen LogP contribution in [0, 0.1) is 5.92 Å². The minimum atomic E-state index is -3.01. The number of rotatable bonds is 5. The van der Waals surface area contributed by atoms with Gasteiger partial charge >= 0.3 is 0 Å². The van der Waals surface area contributed by atoms with Crippen LogP contribution >= 0.6 is 11.6 Å². The highest BCUT2D eigenvalue weighted by molar-refractivity contribution is 7.89. The molecule has 1 heterocycles. The summed E-state index contributed by atoms with van der Waals surface area (Å²) in [7, 11) is -3.01. The summed E-state index contributed by atoms with van der Waals surface area (Å²) in [6, 6.07) is 0. The Balaban J connectivity index is 1.88. The lowest BCUT2D eigenvalue weighted by Crippen LogP contribution is -2.37. The lowest BCUT2D eigenvalue weighted by Gasteiger charge is -2.21. The minimum Gasteiger partial charge on any atom is -0.301 e. The third-order valence-electron chi connectivity index (χ3n) is 3.48. The van der Waals surface area contributed by atoms with E-state index in [1.54, 1.807) is 4.31 Å². The molecule has 100 valence electrons. The molecule has 17 heavy (non-hydrogen) atoms. The van der Waals surface area contributed by atoms with Crippen molar-refractivity contribution in [3.8, 4) is 0 Å². The quantitative estimate of drug-likeness (QED) is 0.705. The molecule has 1 aliphatic carbocycles. The molecule has 0 bridgehead atoms. The van der Waals surface area contributed by atoms with E-state index in [2.05, 4.69) is 4.90 Å². The highest BCUT2D eigenvalue weighted by atomic mass is 35.5. The van der Waals surface area contributed by atoms with Gasteiger partial charge in [-0.1, -0.05) is 0 Å². The van der Waals surface area contributed by atoms with Gasteiger partial charge in [0.25, 0.3) is 0 Å². The molecule has 1 saturated carbocycles. The molecule has 0 aromatic heterocycles. The topological polar surface area (TPSA) is 40.6 Å². The summed E-state index contributed by atoms with van der Waals surface area (Å²) in [6.07, 6.45) is 3.09. The van der Waals surface area contributed by atoms with Crippen molar-refractivity contribution in [1.82, 2.24) is 9.21 Å². The molecule has 0 N–H and O–H groups in total. The van der Waals surface area contributed by atoms with Gasteiger partial charge in [-0.15, -0.1) is 11.6 Å². The number of hydrogen-bond donors (Lipinski definition) is 0. The van der Waals surface area contributed by atoms with Crippen LogP contribution in [-0.4, -0.2) is 62.0 Å². The van der Waals surface area contributed by atoms with Gasteiger partial charge in [0.05, 0.1) is 5.75 Å². The molecular formula is C11H21ClN2O2S. The average Bonchev–Trinajstić information content (AvgIpc) is 3.05. The second-order valence-electron chi connectivity index (χ2n) is 5.01. The first-order valence-electron chi connectivity index (χ1n) is 6.38. The van der Waals surface area contributed by atoms with Crippen LogP contribution < -0.4 is 0 Å². The molecule has 2 aliphatic rings. The summed E-state index contributed by atoms with van der Waals surface area (Å²) < 4.78 is 25.9. The van der Waals surface area contributed by atoms with E-state index in [0.29, 0.717) is 30.6 Å². The number of hydrogen-bond acceptors (Lipinski definition) is 3. The summed E-state index contributed by atoms with van der Waals surface area (Å²) >= 11 is 5.72. The SMILES string of the molecule is O=S(=O)(CC1CC1)N1CCCN(CCCl)CC1. The number of nitrogens with zero attached hydrogens (tertiary/aromatic N) is 2. The first-order valence-corrected chi connectivity index (χ1v) is 8.52.